The molecule has 0 bridgehead atoms. The maximum Gasteiger partial charge on any atom is 0.411 e. The second kappa shape index (κ2) is 6.53. The van der Waals surface area contributed by atoms with E-state index in [2.05, 4.69) is 10.1 Å². The Balaban J connectivity index is 2.54. The van der Waals surface area contributed by atoms with Crippen LogP contribution in [0.5, 0.6) is 0 Å². The molecule has 0 unspecified atom stereocenters. The molecule has 0 saturated heterocycles. The third-order valence-electron chi connectivity index (χ3n) is 3.10. The van der Waals surface area contributed by atoms with Gasteiger partial charge in [0.25, 0.3) is 0 Å². The summed E-state index contributed by atoms with van der Waals surface area (Å²) in [6.45, 7) is 0. The first-order valence-corrected chi connectivity index (χ1v) is 6.46. The fourth-order valence-electron chi connectivity index (χ4n) is 2.02. The fraction of sp³-hybridized carbons (Fsp3) is 0.133. The van der Waals surface area contributed by atoms with Crippen molar-refractivity contribution < 1.29 is 19.1 Å². The third kappa shape index (κ3) is 3.08. The second-order valence-electron chi connectivity index (χ2n) is 4.45. The van der Waals surface area contributed by atoms with E-state index >= 15 is 0 Å². The van der Waals surface area contributed by atoms with E-state index in [1.807, 2.05) is 6.07 Å². The number of esters is 1. The summed E-state index contributed by atoms with van der Waals surface area (Å²) >= 11 is 0. The lowest BCUT2D eigenvalue weighted by atomic mass is 10.2. The van der Waals surface area contributed by atoms with Crippen molar-refractivity contribution in [2.45, 2.75) is 0 Å². The van der Waals surface area contributed by atoms with Crippen LogP contribution in [0.2, 0.25) is 0 Å². The topological polar surface area (TPSA) is 119 Å². The zero-order valence-electron chi connectivity index (χ0n) is 12.5. The molecule has 0 spiro atoms. The molecule has 0 aliphatic heterocycles. The standard InChI is InChI=1S/C15H14N4O4/c1-22-14(20)13-12(17)9(7-16)8-19(13)11-5-3-4-10(6-11)18-15(21)23-2/h3-6,8H,17H2,1-2H3,(H,18,21). The van der Waals surface area contributed by atoms with Crippen LogP contribution in [-0.2, 0) is 9.47 Å². The molecular formula is C15H14N4O4. The van der Waals surface area contributed by atoms with Crippen molar-refractivity contribution in [1.82, 2.24) is 4.57 Å². The monoisotopic (exact) mass is 314 g/mol. The largest absolute Gasteiger partial charge is 0.464 e. The molecule has 0 saturated carbocycles. The van der Waals surface area contributed by atoms with E-state index in [0.29, 0.717) is 11.4 Å². The number of amides is 1. The van der Waals surface area contributed by atoms with E-state index < -0.39 is 12.1 Å². The van der Waals surface area contributed by atoms with Gasteiger partial charge in [-0.1, -0.05) is 6.07 Å². The summed E-state index contributed by atoms with van der Waals surface area (Å²) < 4.78 is 10.7. The van der Waals surface area contributed by atoms with Crippen LogP contribution in [0, 0.1) is 11.3 Å². The Labute approximate surface area is 132 Å². The number of hydrogen-bond acceptors (Lipinski definition) is 6. The number of rotatable bonds is 3. The zero-order chi connectivity index (χ0) is 17.0. The first-order chi connectivity index (χ1) is 11.0. The van der Waals surface area contributed by atoms with E-state index in [1.54, 1.807) is 24.3 Å². The van der Waals surface area contributed by atoms with Gasteiger partial charge in [-0.15, -0.1) is 0 Å². The molecule has 2 aromatic rings. The highest BCUT2D eigenvalue weighted by molar-refractivity contribution is 5.96. The van der Waals surface area contributed by atoms with E-state index in [1.165, 1.54) is 25.0 Å². The van der Waals surface area contributed by atoms with Gasteiger partial charge in [0.15, 0.2) is 5.69 Å². The van der Waals surface area contributed by atoms with Gasteiger partial charge in [0.1, 0.15) is 6.07 Å². The van der Waals surface area contributed by atoms with Crippen molar-refractivity contribution in [3.8, 4) is 11.8 Å². The van der Waals surface area contributed by atoms with Crippen molar-refractivity contribution in [2.24, 2.45) is 0 Å². The minimum Gasteiger partial charge on any atom is -0.464 e. The summed E-state index contributed by atoms with van der Waals surface area (Å²) in [5.74, 6) is -0.671. The van der Waals surface area contributed by atoms with Crippen LogP contribution < -0.4 is 11.1 Å². The molecule has 0 atom stereocenters. The van der Waals surface area contributed by atoms with Crippen LogP contribution in [0.3, 0.4) is 0 Å². The summed E-state index contributed by atoms with van der Waals surface area (Å²) in [5.41, 5.74) is 7.03. The molecule has 8 nitrogen and oxygen atoms in total. The summed E-state index contributed by atoms with van der Waals surface area (Å²) in [6, 6.07) is 8.53. The van der Waals surface area contributed by atoms with Gasteiger partial charge in [-0.3, -0.25) is 5.32 Å². The Morgan fingerprint density at radius 3 is 2.65 bits per heavy atom. The number of hydrogen-bond donors (Lipinski definition) is 2. The quantitative estimate of drug-likeness (QED) is 0.835. The number of nitrogens with two attached hydrogens (primary N) is 1. The van der Waals surface area contributed by atoms with Gasteiger partial charge < -0.3 is 19.8 Å². The molecule has 23 heavy (non-hydrogen) atoms. The first-order valence-electron chi connectivity index (χ1n) is 6.46. The molecule has 0 aliphatic rings. The van der Waals surface area contributed by atoms with Crippen molar-refractivity contribution in [1.29, 1.82) is 5.26 Å². The van der Waals surface area contributed by atoms with Crippen LogP contribution in [0.1, 0.15) is 16.1 Å². The molecule has 2 rings (SSSR count). The maximum absolute atomic E-state index is 11.9. The number of nitrogens with one attached hydrogen (secondary N) is 1. The van der Waals surface area contributed by atoms with Crippen LogP contribution >= 0.6 is 0 Å². The molecule has 1 amide bonds. The van der Waals surface area contributed by atoms with Gasteiger partial charge in [-0.25, -0.2) is 9.59 Å². The molecule has 1 heterocycles. The van der Waals surface area contributed by atoms with Gasteiger partial charge in [0, 0.05) is 17.6 Å². The highest BCUT2D eigenvalue weighted by Gasteiger charge is 2.21. The predicted molar refractivity (Wildman–Crippen MR) is 82.3 cm³/mol. The first kappa shape index (κ1) is 15.9. The van der Waals surface area contributed by atoms with Crippen LogP contribution in [0.15, 0.2) is 30.5 Å². The Morgan fingerprint density at radius 1 is 1.30 bits per heavy atom. The average molecular weight is 314 g/mol. The lowest BCUT2D eigenvalue weighted by Gasteiger charge is -2.10. The SMILES string of the molecule is COC(=O)Nc1cccc(-n2cc(C#N)c(N)c2C(=O)OC)c1. The van der Waals surface area contributed by atoms with Crippen LogP contribution in [0.4, 0.5) is 16.2 Å². The van der Waals surface area contributed by atoms with Crippen LogP contribution in [0.25, 0.3) is 5.69 Å². The summed E-state index contributed by atoms with van der Waals surface area (Å²) in [6.07, 6.45) is 0.804. The lowest BCUT2D eigenvalue weighted by molar-refractivity contribution is 0.0593. The maximum atomic E-state index is 11.9. The van der Waals surface area contributed by atoms with Gasteiger partial charge in [0.05, 0.1) is 25.5 Å². The number of ether oxygens (including phenoxy) is 2. The number of nitrogen functional groups attached to an aromatic ring is 1. The van der Waals surface area contributed by atoms with E-state index in [9.17, 15) is 9.59 Å². The summed E-state index contributed by atoms with van der Waals surface area (Å²) in [7, 11) is 2.47. The molecule has 118 valence electrons. The second-order valence-corrected chi connectivity index (χ2v) is 4.45. The summed E-state index contributed by atoms with van der Waals surface area (Å²) in [4.78, 5) is 23.2. The molecule has 1 aromatic heterocycles. The predicted octanol–water partition coefficient (Wildman–Crippen LogP) is 1.90. The van der Waals surface area contributed by atoms with Crippen molar-refractivity contribution in [2.75, 3.05) is 25.3 Å². The molecule has 0 radical (unpaired) electrons. The molecule has 1 aromatic carbocycles. The van der Waals surface area contributed by atoms with Gasteiger partial charge in [-0.05, 0) is 18.2 Å². The normalized spacial score (nSPS) is 9.78. The zero-order valence-corrected chi connectivity index (χ0v) is 12.5. The molecular weight excluding hydrogens is 300 g/mol. The average Bonchev–Trinajstić information content (AvgIpc) is 2.90. The molecule has 0 aliphatic carbocycles. The Hall–Kier alpha value is -3.47. The lowest BCUT2D eigenvalue weighted by Crippen LogP contribution is -2.13. The van der Waals surface area contributed by atoms with Crippen molar-refractivity contribution in [3.63, 3.8) is 0 Å². The molecule has 8 heteroatoms. The highest BCUT2D eigenvalue weighted by atomic mass is 16.5. The van der Waals surface area contributed by atoms with E-state index in [4.69, 9.17) is 15.7 Å². The number of carbonyl (C=O) groups is 2. The Morgan fingerprint density at radius 2 is 2.04 bits per heavy atom. The van der Waals surface area contributed by atoms with Gasteiger partial charge in [0.2, 0.25) is 0 Å². The highest BCUT2D eigenvalue weighted by Crippen LogP contribution is 2.26. The van der Waals surface area contributed by atoms with E-state index in [0.717, 1.165) is 0 Å². The number of carbonyl (C=O) groups excluding carboxylic acids is 2. The number of aromatic nitrogens is 1. The third-order valence-corrected chi connectivity index (χ3v) is 3.10. The van der Waals surface area contributed by atoms with Gasteiger partial charge in [-0.2, -0.15) is 5.26 Å². The number of nitrogens with zero attached hydrogens (tertiary/aromatic N) is 2. The molecule has 3 N–H and O–H groups in total. The molecule has 0 fully saturated rings. The number of methoxy groups -OCH3 is 2. The minimum absolute atomic E-state index is 0.0330. The van der Waals surface area contributed by atoms with Crippen molar-refractivity contribution >= 4 is 23.4 Å². The number of anilines is 2. The van der Waals surface area contributed by atoms with Crippen molar-refractivity contribution in [3.05, 3.63) is 41.7 Å². The minimum atomic E-state index is -0.671. The summed E-state index contributed by atoms with van der Waals surface area (Å²) in [5, 5.41) is 11.6. The number of benzene rings is 1. The number of nitriles is 1. The Bertz CT molecular complexity index is 804. The van der Waals surface area contributed by atoms with Crippen LogP contribution in [-0.4, -0.2) is 30.8 Å². The fourth-order valence-corrected chi connectivity index (χ4v) is 2.02. The smallest absolute Gasteiger partial charge is 0.411 e. The van der Waals surface area contributed by atoms with E-state index in [-0.39, 0.29) is 16.9 Å². The van der Waals surface area contributed by atoms with Gasteiger partial charge >= 0.3 is 12.1 Å². The Kier molecular flexibility index (Phi) is 4.52.